The Labute approximate surface area is 184 Å². The molecule has 0 aliphatic carbocycles. The van der Waals surface area contributed by atoms with Crippen LogP contribution in [0.5, 0.6) is 0 Å². The topological polar surface area (TPSA) is 111 Å². The summed E-state index contributed by atoms with van der Waals surface area (Å²) in [5.41, 5.74) is 3.23. The van der Waals surface area contributed by atoms with Gasteiger partial charge in [0.25, 0.3) is 0 Å². The minimum Gasteiger partial charge on any atom is -0.465 e. The summed E-state index contributed by atoms with van der Waals surface area (Å²) in [6.45, 7) is 1.04. The molecule has 4 aromatic rings. The van der Waals surface area contributed by atoms with Gasteiger partial charge in [0, 0.05) is 37.2 Å². The van der Waals surface area contributed by atoms with Crippen LogP contribution in [0.15, 0.2) is 67.1 Å². The van der Waals surface area contributed by atoms with Crippen LogP contribution in [0.2, 0.25) is 0 Å². The molecule has 32 heavy (non-hydrogen) atoms. The summed E-state index contributed by atoms with van der Waals surface area (Å²) < 4.78 is 6.79. The van der Waals surface area contributed by atoms with Gasteiger partial charge in [0.1, 0.15) is 11.3 Å². The Morgan fingerprint density at radius 3 is 2.66 bits per heavy atom. The fourth-order valence-corrected chi connectivity index (χ4v) is 3.38. The summed E-state index contributed by atoms with van der Waals surface area (Å²) in [6, 6.07) is 13.9. The van der Waals surface area contributed by atoms with Crippen molar-refractivity contribution in [3.8, 4) is 11.4 Å². The van der Waals surface area contributed by atoms with Crippen LogP contribution in [0.25, 0.3) is 22.6 Å². The second-order valence-corrected chi connectivity index (χ2v) is 6.94. The number of benzene rings is 1. The minimum absolute atomic E-state index is 0.295. The zero-order chi connectivity index (χ0) is 22.3. The van der Waals surface area contributed by atoms with Crippen molar-refractivity contribution in [3.63, 3.8) is 0 Å². The van der Waals surface area contributed by atoms with Gasteiger partial charge < -0.3 is 19.9 Å². The molecular formula is C23H22N6O3. The summed E-state index contributed by atoms with van der Waals surface area (Å²) >= 11 is 0. The maximum Gasteiger partial charge on any atom is 0.339 e. The number of amides is 2. The number of fused-ring (bicyclic) bond motifs is 1. The van der Waals surface area contributed by atoms with Crippen molar-refractivity contribution in [1.82, 2.24) is 24.8 Å². The number of imidazole rings is 1. The molecule has 0 aliphatic rings. The van der Waals surface area contributed by atoms with E-state index in [1.165, 1.54) is 7.11 Å². The molecule has 2 N–H and O–H groups in total. The third-order valence-corrected chi connectivity index (χ3v) is 4.87. The van der Waals surface area contributed by atoms with E-state index in [4.69, 9.17) is 9.72 Å². The van der Waals surface area contributed by atoms with Crippen molar-refractivity contribution >= 4 is 28.9 Å². The van der Waals surface area contributed by atoms with E-state index in [0.29, 0.717) is 30.8 Å². The van der Waals surface area contributed by atoms with E-state index in [2.05, 4.69) is 20.6 Å². The van der Waals surface area contributed by atoms with Crippen LogP contribution >= 0.6 is 0 Å². The quantitative estimate of drug-likeness (QED) is 0.343. The number of ether oxygens (including phenoxy) is 1. The van der Waals surface area contributed by atoms with Crippen LogP contribution in [0, 0.1) is 0 Å². The number of para-hydroxylation sites is 1. The Hall–Kier alpha value is -4.27. The average molecular weight is 430 g/mol. The highest BCUT2D eigenvalue weighted by Crippen LogP contribution is 2.23. The third kappa shape index (κ3) is 4.56. The number of anilines is 1. The molecule has 0 unspecified atom stereocenters. The first-order chi connectivity index (χ1) is 15.7. The number of hydrogen-bond acceptors (Lipinski definition) is 6. The van der Waals surface area contributed by atoms with Crippen LogP contribution in [0.3, 0.4) is 0 Å². The number of carbonyl (C=O) groups is 2. The number of urea groups is 1. The van der Waals surface area contributed by atoms with Gasteiger partial charge in [0.2, 0.25) is 0 Å². The fourth-order valence-electron chi connectivity index (χ4n) is 3.38. The SMILES string of the molecule is COC(=O)c1ccccc1NC(=O)NCCCn1c(-c2ccncc2)nc2cccnc21. The van der Waals surface area contributed by atoms with Gasteiger partial charge in [-0.1, -0.05) is 12.1 Å². The number of aromatic nitrogens is 4. The molecule has 4 rings (SSSR count). The van der Waals surface area contributed by atoms with Gasteiger partial charge in [-0.05, 0) is 42.8 Å². The number of nitrogens with zero attached hydrogens (tertiary/aromatic N) is 4. The molecule has 162 valence electrons. The van der Waals surface area contributed by atoms with Gasteiger partial charge in [-0.25, -0.2) is 19.6 Å². The first kappa shape index (κ1) is 21.0. The molecule has 0 saturated carbocycles. The number of hydrogen-bond donors (Lipinski definition) is 2. The number of carbonyl (C=O) groups excluding carboxylic acids is 2. The number of nitrogens with one attached hydrogen (secondary N) is 2. The van der Waals surface area contributed by atoms with Crippen LogP contribution in [-0.2, 0) is 11.3 Å². The van der Waals surface area contributed by atoms with Crippen LogP contribution in [0.4, 0.5) is 10.5 Å². The molecule has 3 aromatic heterocycles. The standard InChI is InChI=1S/C23H22N6O3/c1-32-22(30)17-6-2-3-7-18(17)28-23(31)26-12-5-15-29-20(16-9-13-24-14-10-16)27-19-8-4-11-25-21(19)29/h2-4,6-11,13-14H,5,12,15H2,1H3,(H2,26,28,31). The maximum atomic E-state index is 12.3. The molecule has 2 amide bonds. The van der Waals surface area contributed by atoms with E-state index < -0.39 is 12.0 Å². The van der Waals surface area contributed by atoms with Gasteiger partial charge in [0.05, 0.1) is 18.4 Å². The Morgan fingerprint density at radius 1 is 1.03 bits per heavy atom. The molecule has 1 aromatic carbocycles. The molecule has 9 nitrogen and oxygen atoms in total. The minimum atomic E-state index is -0.510. The summed E-state index contributed by atoms with van der Waals surface area (Å²) in [5, 5.41) is 5.52. The average Bonchev–Trinajstić information content (AvgIpc) is 3.21. The molecule has 0 atom stereocenters. The number of rotatable bonds is 7. The Balaban J connectivity index is 1.41. The third-order valence-electron chi connectivity index (χ3n) is 4.87. The van der Waals surface area contributed by atoms with Gasteiger partial charge in [0.15, 0.2) is 5.65 Å². The number of methoxy groups -OCH3 is 1. The molecule has 3 heterocycles. The summed E-state index contributed by atoms with van der Waals surface area (Å²) in [7, 11) is 1.30. The lowest BCUT2D eigenvalue weighted by molar-refractivity contribution is 0.0602. The van der Waals surface area contributed by atoms with Crippen molar-refractivity contribution in [3.05, 3.63) is 72.7 Å². The van der Waals surface area contributed by atoms with Crippen molar-refractivity contribution in [1.29, 1.82) is 0 Å². The summed E-state index contributed by atoms with van der Waals surface area (Å²) in [5.74, 6) is 0.293. The Bertz CT molecular complexity index is 1240. The van der Waals surface area contributed by atoms with Crippen molar-refractivity contribution in [2.45, 2.75) is 13.0 Å². The number of esters is 1. The highest BCUT2D eigenvalue weighted by atomic mass is 16.5. The van der Waals surface area contributed by atoms with E-state index in [1.807, 2.05) is 28.8 Å². The Kier molecular flexibility index (Phi) is 6.35. The first-order valence-corrected chi connectivity index (χ1v) is 10.1. The highest BCUT2D eigenvalue weighted by molar-refractivity contribution is 6.00. The van der Waals surface area contributed by atoms with Gasteiger partial charge in [-0.2, -0.15) is 0 Å². The molecule has 0 aliphatic heterocycles. The lowest BCUT2D eigenvalue weighted by Crippen LogP contribution is -2.30. The zero-order valence-electron chi connectivity index (χ0n) is 17.5. The molecule has 0 saturated heterocycles. The van der Waals surface area contributed by atoms with E-state index in [-0.39, 0.29) is 0 Å². The van der Waals surface area contributed by atoms with Gasteiger partial charge >= 0.3 is 12.0 Å². The molecule has 0 bridgehead atoms. The second kappa shape index (κ2) is 9.69. The predicted molar refractivity (Wildman–Crippen MR) is 120 cm³/mol. The van der Waals surface area contributed by atoms with E-state index in [9.17, 15) is 9.59 Å². The van der Waals surface area contributed by atoms with Gasteiger partial charge in [-0.3, -0.25) is 4.98 Å². The summed E-state index contributed by atoms with van der Waals surface area (Å²) in [6.07, 6.45) is 5.85. The van der Waals surface area contributed by atoms with Crippen molar-refractivity contribution in [2.24, 2.45) is 0 Å². The molecule has 9 heteroatoms. The van der Waals surface area contributed by atoms with Crippen molar-refractivity contribution in [2.75, 3.05) is 19.0 Å². The number of pyridine rings is 2. The summed E-state index contributed by atoms with van der Waals surface area (Å²) in [4.78, 5) is 37.4. The Morgan fingerprint density at radius 2 is 1.84 bits per heavy atom. The molecule has 0 radical (unpaired) electrons. The van der Waals surface area contributed by atoms with Crippen LogP contribution in [-0.4, -0.2) is 45.2 Å². The van der Waals surface area contributed by atoms with E-state index in [0.717, 1.165) is 22.6 Å². The zero-order valence-corrected chi connectivity index (χ0v) is 17.5. The largest absolute Gasteiger partial charge is 0.465 e. The van der Waals surface area contributed by atoms with E-state index >= 15 is 0 Å². The maximum absolute atomic E-state index is 12.3. The first-order valence-electron chi connectivity index (χ1n) is 10.1. The molecule has 0 spiro atoms. The molecular weight excluding hydrogens is 408 g/mol. The lowest BCUT2D eigenvalue weighted by Gasteiger charge is -2.12. The number of aryl methyl sites for hydroxylation is 1. The van der Waals surface area contributed by atoms with Crippen molar-refractivity contribution < 1.29 is 14.3 Å². The highest BCUT2D eigenvalue weighted by Gasteiger charge is 2.14. The van der Waals surface area contributed by atoms with Crippen LogP contribution < -0.4 is 10.6 Å². The van der Waals surface area contributed by atoms with Gasteiger partial charge in [-0.15, -0.1) is 0 Å². The predicted octanol–water partition coefficient (Wildman–Crippen LogP) is 3.49. The fraction of sp³-hybridized carbons (Fsp3) is 0.174. The van der Waals surface area contributed by atoms with Crippen LogP contribution in [0.1, 0.15) is 16.8 Å². The second-order valence-electron chi connectivity index (χ2n) is 6.94. The smallest absolute Gasteiger partial charge is 0.339 e. The molecule has 0 fully saturated rings. The monoisotopic (exact) mass is 430 g/mol. The normalized spacial score (nSPS) is 10.7. The lowest BCUT2D eigenvalue weighted by atomic mass is 10.2. The van der Waals surface area contributed by atoms with E-state index in [1.54, 1.807) is 42.9 Å².